The van der Waals surface area contributed by atoms with Crippen LogP contribution in [0.5, 0.6) is 11.8 Å². The number of hydrogen-bond acceptors (Lipinski definition) is 8. The number of halogens is 2. The summed E-state index contributed by atoms with van der Waals surface area (Å²) in [5.41, 5.74) is 5.88. The first kappa shape index (κ1) is 35.1. The van der Waals surface area contributed by atoms with Gasteiger partial charge in [-0.05, 0) is 37.8 Å². The van der Waals surface area contributed by atoms with E-state index in [0.29, 0.717) is 77.5 Å². The van der Waals surface area contributed by atoms with Crippen molar-refractivity contribution in [1.82, 2.24) is 20.6 Å². The molecule has 10 nitrogen and oxygen atoms in total. The van der Waals surface area contributed by atoms with Crippen LogP contribution >= 0.6 is 23.2 Å². The zero-order valence-electron chi connectivity index (χ0n) is 26.8. The van der Waals surface area contributed by atoms with Crippen molar-refractivity contribution in [3.63, 3.8) is 0 Å². The van der Waals surface area contributed by atoms with Crippen LogP contribution in [-0.4, -0.2) is 65.0 Å². The number of carboxylic acid groups (broad SMARTS) is 1. The van der Waals surface area contributed by atoms with Crippen LogP contribution in [0.15, 0.2) is 60.7 Å². The Kier molecular flexibility index (Phi) is 11.9. The molecule has 2 aromatic carbocycles. The monoisotopic (exact) mass is 692 g/mol. The first-order valence-electron chi connectivity index (χ1n) is 15.7. The van der Waals surface area contributed by atoms with Gasteiger partial charge in [0.05, 0.1) is 48.2 Å². The van der Waals surface area contributed by atoms with Gasteiger partial charge in [0, 0.05) is 58.9 Å². The number of carbonyl (C=O) groups is 2. The average molecular weight is 694 g/mol. The number of carboxylic acids is 1. The van der Waals surface area contributed by atoms with Crippen molar-refractivity contribution in [1.29, 1.82) is 0 Å². The second-order valence-electron chi connectivity index (χ2n) is 11.6. The van der Waals surface area contributed by atoms with Gasteiger partial charge in [0.2, 0.25) is 17.7 Å². The van der Waals surface area contributed by atoms with Gasteiger partial charge in [0.1, 0.15) is 0 Å². The Labute approximate surface area is 289 Å². The minimum atomic E-state index is -1.03. The van der Waals surface area contributed by atoms with Gasteiger partial charge in [-0.15, -0.1) is 0 Å². The number of aromatic nitrogens is 2. The number of nitrogens with one attached hydrogen (secondary N) is 2. The number of rotatable bonds is 15. The predicted octanol–water partition coefficient (Wildman–Crippen LogP) is 6.33. The van der Waals surface area contributed by atoms with Crippen LogP contribution in [0.3, 0.4) is 0 Å². The molecule has 5 rings (SSSR count). The lowest BCUT2D eigenvalue weighted by atomic mass is 9.97. The summed E-state index contributed by atoms with van der Waals surface area (Å²) in [6, 6.07) is 19.2. The molecule has 12 heteroatoms. The summed E-state index contributed by atoms with van der Waals surface area (Å²) in [6.45, 7) is 1.20. The number of aryl methyl sites for hydroxylation is 1. The van der Waals surface area contributed by atoms with E-state index >= 15 is 0 Å². The molecule has 1 saturated heterocycles. The van der Waals surface area contributed by atoms with Crippen LogP contribution in [0.2, 0.25) is 10.0 Å². The molecule has 252 valence electrons. The number of hydrogen-bond donors (Lipinski definition) is 4. The van der Waals surface area contributed by atoms with Crippen molar-refractivity contribution >= 4 is 35.1 Å². The Morgan fingerprint density at radius 3 is 2.02 bits per heavy atom. The molecular weight excluding hydrogens is 655 g/mol. The molecule has 0 radical (unpaired) electrons. The maximum absolute atomic E-state index is 11.5. The predicted molar refractivity (Wildman–Crippen MR) is 186 cm³/mol. The van der Waals surface area contributed by atoms with Gasteiger partial charge in [0.15, 0.2) is 0 Å². The third-order valence-electron chi connectivity index (χ3n) is 8.29. The summed E-state index contributed by atoms with van der Waals surface area (Å²) in [6.07, 6.45) is 1.71. The Morgan fingerprint density at radius 1 is 0.917 bits per heavy atom. The van der Waals surface area contributed by atoms with Crippen LogP contribution in [0, 0.1) is 0 Å². The molecule has 48 heavy (non-hydrogen) atoms. The van der Waals surface area contributed by atoms with E-state index in [2.05, 4.69) is 10.6 Å². The normalized spacial score (nSPS) is 14.9. The largest absolute Gasteiger partial charge is 0.481 e. The van der Waals surface area contributed by atoms with Gasteiger partial charge in [0.25, 0.3) is 0 Å². The summed E-state index contributed by atoms with van der Waals surface area (Å²) in [4.78, 5) is 31.8. The number of nitrogens with zero attached hydrogens (tertiary/aromatic N) is 2. The van der Waals surface area contributed by atoms with Crippen LogP contribution in [0.1, 0.15) is 43.2 Å². The van der Waals surface area contributed by atoms with E-state index in [1.165, 1.54) is 0 Å². The van der Waals surface area contributed by atoms with Crippen molar-refractivity contribution in [2.24, 2.45) is 0 Å². The number of pyridine rings is 2. The lowest BCUT2D eigenvalue weighted by Gasteiger charge is -2.16. The van der Waals surface area contributed by atoms with Crippen molar-refractivity contribution < 1.29 is 29.3 Å². The fourth-order valence-electron chi connectivity index (χ4n) is 5.84. The van der Waals surface area contributed by atoms with Crippen molar-refractivity contribution in [3.8, 4) is 45.4 Å². The van der Waals surface area contributed by atoms with Crippen molar-refractivity contribution in [2.75, 3.05) is 20.8 Å². The van der Waals surface area contributed by atoms with E-state index in [9.17, 15) is 14.7 Å². The van der Waals surface area contributed by atoms with Gasteiger partial charge in [-0.25, -0.2) is 9.97 Å². The number of ether oxygens (including phenoxy) is 2. The quantitative estimate of drug-likeness (QED) is 0.112. The van der Waals surface area contributed by atoms with Crippen molar-refractivity contribution in [3.05, 3.63) is 81.8 Å². The Bertz CT molecular complexity index is 1790. The van der Waals surface area contributed by atoms with E-state index in [4.69, 9.17) is 47.8 Å². The first-order valence-corrected chi connectivity index (χ1v) is 16.5. The number of benzene rings is 2. The summed E-state index contributed by atoms with van der Waals surface area (Å²) in [7, 11) is 3.12. The summed E-state index contributed by atoms with van der Waals surface area (Å²) < 4.78 is 11.2. The number of amides is 1. The van der Waals surface area contributed by atoms with Gasteiger partial charge >= 0.3 is 5.97 Å². The fraction of sp³-hybridized carbons (Fsp3) is 0.333. The van der Waals surface area contributed by atoms with E-state index in [0.717, 1.165) is 34.2 Å². The van der Waals surface area contributed by atoms with Crippen LogP contribution in [-0.2, 0) is 22.6 Å². The molecule has 1 amide bonds. The molecule has 0 bridgehead atoms. The molecule has 1 aliphatic heterocycles. The maximum Gasteiger partial charge on any atom is 0.305 e. The topological polar surface area (TPSA) is 143 Å². The Morgan fingerprint density at radius 2 is 1.48 bits per heavy atom. The lowest BCUT2D eigenvalue weighted by Crippen LogP contribution is -2.35. The molecule has 4 N–H and O–H groups in total. The molecule has 1 fully saturated rings. The molecule has 1 unspecified atom stereocenters. The second kappa shape index (κ2) is 16.3. The van der Waals surface area contributed by atoms with Crippen LogP contribution in [0.25, 0.3) is 33.6 Å². The molecule has 2 aromatic heterocycles. The summed E-state index contributed by atoms with van der Waals surface area (Å²) >= 11 is 14.1. The number of carbonyl (C=O) groups excluding carboxylic acids is 1. The van der Waals surface area contributed by atoms with Gasteiger partial charge in [-0.1, -0.05) is 71.7 Å². The molecule has 0 spiro atoms. The fourth-order valence-corrected chi connectivity index (χ4v) is 6.48. The molecule has 4 aromatic rings. The molecule has 2 atom stereocenters. The van der Waals surface area contributed by atoms with Gasteiger partial charge in [-0.2, -0.15) is 0 Å². The number of methoxy groups -OCH3 is 2. The molecule has 3 heterocycles. The molecular formula is C36H38Cl2N4O6. The maximum atomic E-state index is 11.5. The van der Waals surface area contributed by atoms with Crippen molar-refractivity contribution in [2.45, 2.75) is 57.2 Å². The summed E-state index contributed by atoms with van der Waals surface area (Å²) in [5.74, 6) is -0.0185. The highest BCUT2D eigenvalue weighted by Gasteiger charge is 2.21. The highest BCUT2D eigenvalue weighted by Crippen LogP contribution is 2.42. The number of aliphatic carboxylic acids is 1. The Hall–Kier alpha value is -4.22. The third-order valence-corrected chi connectivity index (χ3v) is 9.10. The first-order chi connectivity index (χ1) is 23.2. The Balaban J connectivity index is 1.35. The molecule has 0 aliphatic carbocycles. The average Bonchev–Trinajstić information content (AvgIpc) is 3.49. The zero-order chi connectivity index (χ0) is 34.2. The van der Waals surface area contributed by atoms with E-state index in [-0.39, 0.29) is 18.4 Å². The van der Waals surface area contributed by atoms with E-state index < -0.39 is 12.1 Å². The third kappa shape index (κ3) is 8.43. The van der Waals surface area contributed by atoms with E-state index in [1.54, 1.807) is 14.2 Å². The van der Waals surface area contributed by atoms with E-state index in [1.807, 2.05) is 60.7 Å². The standard InChI is InChI=1S/C36H38Cl2N4O6/c1-47-35-21(6-3-7-24(43)18-32(45)46)12-15-29(41-35)27-10-4-8-25(33(27)37)26-9-5-11-28(34(26)38)30-16-13-22(36(42-30)48-2)19-39-20-23-14-17-31(44)40-23/h4-5,8-13,15-16,23-24,39,43H,3,6-7,14,17-20H2,1-2H3,(H,40,44)(H,45,46)/t23?,24-/m1/s1. The smallest absolute Gasteiger partial charge is 0.305 e. The lowest BCUT2D eigenvalue weighted by molar-refractivity contribution is -0.139. The second-order valence-corrected chi connectivity index (χ2v) is 12.4. The zero-order valence-corrected chi connectivity index (χ0v) is 28.3. The molecule has 1 aliphatic rings. The highest BCUT2D eigenvalue weighted by molar-refractivity contribution is 6.39. The van der Waals surface area contributed by atoms with Crippen LogP contribution in [0.4, 0.5) is 0 Å². The van der Waals surface area contributed by atoms with Gasteiger partial charge in [-0.3, -0.25) is 9.59 Å². The van der Waals surface area contributed by atoms with Gasteiger partial charge < -0.3 is 30.3 Å². The SMILES string of the molecule is COc1nc(-c2cccc(-c3cccc(-c4ccc(CNCC5CCC(=O)N5)c(OC)n4)c3Cl)c2Cl)ccc1CCC[C@@H](O)CC(=O)O. The number of aliphatic hydroxyl groups excluding tert-OH is 1. The highest BCUT2D eigenvalue weighted by atomic mass is 35.5. The summed E-state index contributed by atoms with van der Waals surface area (Å²) in [5, 5.41) is 26.1. The van der Waals surface area contributed by atoms with Crippen LogP contribution < -0.4 is 20.1 Å². The number of aliphatic hydroxyl groups is 1. The molecule has 0 saturated carbocycles. The minimum absolute atomic E-state index is 0.0885. The minimum Gasteiger partial charge on any atom is -0.481 e.